The number of fused-ring (bicyclic) bond motifs is 1. The van der Waals surface area contributed by atoms with E-state index in [0.29, 0.717) is 0 Å². The molecule has 6 nitrogen and oxygen atoms in total. The molecule has 0 spiro atoms. The van der Waals surface area contributed by atoms with Gasteiger partial charge in [-0.05, 0) is 18.6 Å². The monoisotopic (exact) mass is 368 g/mol. The number of nitrogens with one attached hydrogen (secondary N) is 1. The molecule has 2 aliphatic rings. The second kappa shape index (κ2) is 6.07. The van der Waals surface area contributed by atoms with E-state index in [1.807, 2.05) is 0 Å². The van der Waals surface area contributed by atoms with Gasteiger partial charge >= 0.3 is 5.97 Å². The van der Waals surface area contributed by atoms with Crippen LogP contribution in [-0.4, -0.2) is 42.4 Å². The number of hydrogen-bond acceptors (Lipinski definition) is 5. The van der Waals surface area contributed by atoms with Gasteiger partial charge in [-0.15, -0.1) is 0 Å². The molecule has 0 radical (unpaired) electrons. The van der Waals surface area contributed by atoms with Crippen LogP contribution in [0.2, 0.25) is 5.02 Å². The predicted molar refractivity (Wildman–Crippen MR) is 87.1 cm³/mol. The highest BCUT2D eigenvalue weighted by Crippen LogP contribution is 2.51. The largest absolute Gasteiger partial charge is 0.468 e. The standard InChI is InChI=1S/C17H18ClFN2O4/c1-4-17(16(24)25-3)12-11(14(22)21(2)15(12)23)13(20-17)10-8(18)6-5-7-9(10)19/h5-7,11-13,20H,4H2,1-3H3/t11-,12-,13-,17-/m0/s1. The average molecular weight is 369 g/mol. The molecule has 0 bridgehead atoms. The fraction of sp³-hybridized carbons (Fsp3) is 0.471. The number of likely N-dealkylation sites (tertiary alicyclic amines) is 1. The smallest absolute Gasteiger partial charge is 0.326 e. The van der Waals surface area contributed by atoms with E-state index in [0.717, 1.165) is 4.90 Å². The molecule has 0 saturated carbocycles. The Labute approximate surface area is 149 Å². The van der Waals surface area contributed by atoms with Gasteiger partial charge in [0, 0.05) is 23.7 Å². The number of nitrogens with zero attached hydrogens (tertiary/aromatic N) is 1. The Bertz CT molecular complexity index is 751. The quantitative estimate of drug-likeness (QED) is 0.649. The van der Waals surface area contributed by atoms with Crippen LogP contribution in [0.1, 0.15) is 24.9 Å². The molecule has 25 heavy (non-hydrogen) atoms. The molecule has 0 aliphatic carbocycles. The lowest BCUT2D eigenvalue weighted by molar-refractivity contribution is -0.154. The number of imide groups is 1. The van der Waals surface area contributed by atoms with Crippen molar-refractivity contribution in [1.82, 2.24) is 10.2 Å². The maximum Gasteiger partial charge on any atom is 0.326 e. The van der Waals surface area contributed by atoms with Crippen LogP contribution in [-0.2, 0) is 19.1 Å². The van der Waals surface area contributed by atoms with E-state index in [2.05, 4.69) is 5.32 Å². The minimum Gasteiger partial charge on any atom is -0.468 e. The van der Waals surface area contributed by atoms with Crippen LogP contribution in [0.4, 0.5) is 4.39 Å². The van der Waals surface area contributed by atoms with E-state index >= 15 is 0 Å². The van der Waals surface area contributed by atoms with Gasteiger partial charge in [0.15, 0.2) is 0 Å². The summed E-state index contributed by atoms with van der Waals surface area (Å²) < 4.78 is 19.4. The second-order valence-electron chi connectivity index (χ2n) is 6.31. The minimum atomic E-state index is -1.41. The Morgan fingerprint density at radius 2 is 2.08 bits per heavy atom. The maximum absolute atomic E-state index is 14.5. The van der Waals surface area contributed by atoms with Crippen molar-refractivity contribution in [2.75, 3.05) is 14.2 Å². The van der Waals surface area contributed by atoms with Crippen molar-refractivity contribution in [2.24, 2.45) is 11.8 Å². The molecule has 1 N–H and O–H groups in total. The molecular weight excluding hydrogens is 351 g/mol. The summed E-state index contributed by atoms with van der Waals surface area (Å²) in [6.07, 6.45) is 0.205. The molecule has 3 rings (SSSR count). The zero-order valence-electron chi connectivity index (χ0n) is 14.0. The highest BCUT2D eigenvalue weighted by molar-refractivity contribution is 6.31. The summed E-state index contributed by atoms with van der Waals surface area (Å²) in [6, 6.07) is 3.28. The Hall–Kier alpha value is -1.99. The van der Waals surface area contributed by atoms with Crippen molar-refractivity contribution < 1.29 is 23.5 Å². The molecule has 2 saturated heterocycles. The summed E-state index contributed by atoms with van der Waals surface area (Å²) in [7, 11) is 2.57. The third-order valence-electron chi connectivity index (χ3n) is 5.29. The maximum atomic E-state index is 14.5. The number of benzene rings is 1. The van der Waals surface area contributed by atoms with Crippen LogP contribution in [0, 0.1) is 17.7 Å². The first kappa shape index (κ1) is 17.8. The van der Waals surface area contributed by atoms with Gasteiger partial charge < -0.3 is 4.74 Å². The fourth-order valence-electron chi connectivity index (χ4n) is 4.04. The molecule has 1 aromatic carbocycles. The summed E-state index contributed by atoms with van der Waals surface area (Å²) in [5, 5.41) is 3.15. The molecule has 2 heterocycles. The summed E-state index contributed by atoms with van der Waals surface area (Å²) in [5.74, 6) is -4.10. The number of hydrogen-bond donors (Lipinski definition) is 1. The van der Waals surface area contributed by atoms with Gasteiger partial charge in [0.05, 0.1) is 18.9 Å². The highest BCUT2D eigenvalue weighted by Gasteiger charge is 2.67. The lowest BCUT2D eigenvalue weighted by Gasteiger charge is -2.31. The van der Waals surface area contributed by atoms with Crippen LogP contribution in [0.5, 0.6) is 0 Å². The molecule has 1 aromatic rings. The van der Waals surface area contributed by atoms with Gasteiger partial charge in [0.1, 0.15) is 11.4 Å². The Kier molecular flexibility index (Phi) is 4.33. The van der Waals surface area contributed by atoms with Gasteiger partial charge in [-0.3, -0.25) is 24.6 Å². The number of carbonyl (C=O) groups is 3. The first-order valence-electron chi connectivity index (χ1n) is 7.91. The Morgan fingerprint density at radius 1 is 1.40 bits per heavy atom. The van der Waals surface area contributed by atoms with E-state index in [1.54, 1.807) is 6.92 Å². The summed E-state index contributed by atoms with van der Waals surface area (Å²) in [5.41, 5.74) is -1.33. The van der Waals surface area contributed by atoms with Crippen LogP contribution >= 0.6 is 11.6 Å². The van der Waals surface area contributed by atoms with E-state index in [-0.39, 0.29) is 17.0 Å². The SMILES string of the molecule is CC[C@]1(C(=O)OC)N[C@@H](c2c(F)cccc2Cl)[C@H]2C(=O)N(C)C(=O)[C@H]21. The zero-order valence-corrected chi connectivity index (χ0v) is 14.8. The number of amides is 2. The number of rotatable bonds is 3. The number of ether oxygens (including phenoxy) is 1. The number of carbonyl (C=O) groups excluding carboxylic acids is 3. The zero-order chi connectivity index (χ0) is 18.5. The van der Waals surface area contributed by atoms with Gasteiger partial charge in [0.25, 0.3) is 0 Å². The molecule has 2 amide bonds. The van der Waals surface area contributed by atoms with E-state index in [1.165, 1.54) is 32.4 Å². The molecule has 0 unspecified atom stereocenters. The highest BCUT2D eigenvalue weighted by atomic mass is 35.5. The Balaban J connectivity index is 2.21. The van der Waals surface area contributed by atoms with Gasteiger partial charge in [0.2, 0.25) is 11.8 Å². The van der Waals surface area contributed by atoms with E-state index in [9.17, 15) is 18.8 Å². The van der Waals surface area contributed by atoms with Crippen LogP contribution < -0.4 is 5.32 Å². The topological polar surface area (TPSA) is 75.7 Å². The van der Waals surface area contributed by atoms with E-state index in [4.69, 9.17) is 16.3 Å². The van der Waals surface area contributed by atoms with Gasteiger partial charge in [-0.25, -0.2) is 4.39 Å². The van der Waals surface area contributed by atoms with Gasteiger partial charge in [-0.2, -0.15) is 0 Å². The summed E-state index contributed by atoms with van der Waals surface area (Å²) in [6.45, 7) is 1.71. The third-order valence-corrected chi connectivity index (χ3v) is 5.62. The van der Waals surface area contributed by atoms with Crippen LogP contribution in [0.25, 0.3) is 0 Å². The number of methoxy groups -OCH3 is 1. The number of esters is 1. The normalized spacial score (nSPS) is 31.4. The summed E-state index contributed by atoms with van der Waals surface area (Å²) >= 11 is 6.16. The van der Waals surface area contributed by atoms with Crippen molar-refractivity contribution >= 4 is 29.4 Å². The molecule has 4 atom stereocenters. The van der Waals surface area contributed by atoms with E-state index < -0.39 is 47.0 Å². The van der Waals surface area contributed by atoms with Crippen LogP contribution in [0.15, 0.2) is 18.2 Å². The van der Waals surface area contributed by atoms with Crippen molar-refractivity contribution in [3.05, 3.63) is 34.6 Å². The number of halogens is 2. The molecule has 2 aliphatic heterocycles. The molecule has 2 fully saturated rings. The molecule has 0 aromatic heterocycles. The first-order chi connectivity index (χ1) is 11.8. The Morgan fingerprint density at radius 3 is 2.64 bits per heavy atom. The second-order valence-corrected chi connectivity index (χ2v) is 6.72. The third kappa shape index (κ3) is 2.29. The lowest BCUT2D eigenvalue weighted by atomic mass is 9.78. The van der Waals surface area contributed by atoms with Crippen molar-refractivity contribution in [2.45, 2.75) is 24.9 Å². The van der Waals surface area contributed by atoms with Crippen LogP contribution in [0.3, 0.4) is 0 Å². The average Bonchev–Trinajstić information content (AvgIpc) is 3.05. The minimum absolute atomic E-state index is 0.0786. The molecular formula is C17H18ClFN2O4. The summed E-state index contributed by atoms with van der Waals surface area (Å²) in [4.78, 5) is 38.8. The van der Waals surface area contributed by atoms with Gasteiger partial charge in [-0.1, -0.05) is 24.6 Å². The van der Waals surface area contributed by atoms with Crippen molar-refractivity contribution in [1.29, 1.82) is 0 Å². The molecule has 134 valence electrons. The van der Waals surface area contributed by atoms with Crippen molar-refractivity contribution in [3.63, 3.8) is 0 Å². The van der Waals surface area contributed by atoms with Crippen molar-refractivity contribution in [3.8, 4) is 0 Å². The predicted octanol–water partition coefficient (Wildman–Crippen LogP) is 1.68. The lowest BCUT2D eigenvalue weighted by Crippen LogP contribution is -2.55. The first-order valence-corrected chi connectivity index (χ1v) is 8.29. The molecule has 8 heteroatoms. The fourth-order valence-corrected chi connectivity index (χ4v) is 4.32.